The number of ether oxygens (including phenoxy) is 1. The van der Waals surface area contributed by atoms with E-state index in [1.54, 1.807) is 24.3 Å². The van der Waals surface area contributed by atoms with E-state index in [2.05, 4.69) is 4.72 Å². The minimum absolute atomic E-state index is 0.0141. The van der Waals surface area contributed by atoms with Crippen molar-refractivity contribution in [3.63, 3.8) is 0 Å². The molecule has 2 aromatic rings. The zero-order chi connectivity index (χ0) is 19.2. The van der Waals surface area contributed by atoms with Gasteiger partial charge in [0.05, 0.1) is 24.0 Å². The summed E-state index contributed by atoms with van der Waals surface area (Å²) >= 11 is 5.78. The van der Waals surface area contributed by atoms with Crippen molar-refractivity contribution < 1.29 is 23.1 Å². The Morgan fingerprint density at radius 2 is 1.77 bits per heavy atom. The number of carbonyl (C=O) groups is 1. The molecule has 0 heterocycles. The molecule has 0 bridgehead atoms. The standard InChI is InChI=1S/C18H20ClNO5S/c1-2-11-25-15-7-3-13(4-8-15)17(12-18(21)22)20-26(23,24)16-9-5-14(19)6-10-16/h3-10,17,20H,2,11-12H2,1H3,(H,21,22)/t17-/m0/s1. The highest BCUT2D eigenvalue weighted by atomic mass is 35.5. The van der Waals surface area contributed by atoms with Gasteiger partial charge < -0.3 is 9.84 Å². The molecule has 1 atom stereocenters. The van der Waals surface area contributed by atoms with Gasteiger partial charge in [-0.2, -0.15) is 0 Å². The summed E-state index contributed by atoms with van der Waals surface area (Å²) < 4.78 is 33.0. The molecule has 0 spiro atoms. The van der Waals surface area contributed by atoms with Crippen molar-refractivity contribution in [2.75, 3.05) is 6.61 Å². The Balaban J connectivity index is 2.24. The van der Waals surface area contributed by atoms with Gasteiger partial charge in [-0.3, -0.25) is 4.79 Å². The van der Waals surface area contributed by atoms with Crippen molar-refractivity contribution in [3.05, 3.63) is 59.1 Å². The average molecular weight is 398 g/mol. The Labute approximate surface area is 157 Å². The van der Waals surface area contributed by atoms with E-state index >= 15 is 0 Å². The summed E-state index contributed by atoms with van der Waals surface area (Å²) in [4.78, 5) is 11.2. The van der Waals surface area contributed by atoms with E-state index in [-0.39, 0.29) is 11.3 Å². The molecule has 140 valence electrons. The first-order valence-corrected chi connectivity index (χ1v) is 9.90. The summed E-state index contributed by atoms with van der Waals surface area (Å²) in [6, 6.07) is 11.4. The number of hydrogen-bond acceptors (Lipinski definition) is 4. The zero-order valence-electron chi connectivity index (χ0n) is 14.2. The molecule has 8 heteroatoms. The summed E-state index contributed by atoms with van der Waals surface area (Å²) in [7, 11) is -3.90. The van der Waals surface area contributed by atoms with Gasteiger partial charge in [-0.15, -0.1) is 0 Å². The molecule has 0 aliphatic heterocycles. The van der Waals surface area contributed by atoms with E-state index in [0.717, 1.165) is 6.42 Å². The number of sulfonamides is 1. The molecule has 0 saturated heterocycles. The Hall–Kier alpha value is -2.09. The number of carboxylic acid groups (broad SMARTS) is 1. The molecule has 0 radical (unpaired) electrons. The molecule has 0 unspecified atom stereocenters. The predicted octanol–water partition coefficient (Wildman–Crippen LogP) is 3.62. The summed E-state index contributed by atoms with van der Waals surface area (Å²) in [5, 5.41) is 9.55. The molecular formula is C18H20ClNO5S. The second kappa shape index (κ2) is 9.02. The first kappa shape index (κ1) is 20.2. The van der Waals surface area contributed by atoms with Gasteiger partial charge in [0.2, 0.25) is 10.0 Å². The van der Waals surface area contributed by atoms with E-state index in [1.807, 2.05) is 6.92 Å². The van der Waals surface area contributed by atoms with Crippen LogP contribution in [0.25, 0.3) is 0 Å². The fraction of sp³-hybridized carbons (Fsp3) is 0.278. The normalized spacial score (nSPS) is 12.5. The lowest BCUT2D eigenvalue weighted by Crippen LogP contribution is -2.30. The average Bonchev–Trinajstić information content (AvgIpc) is 2.59. The first-order chi connectivity index (χ1) is 12.3. The zero-order valence-corrected chi connectivity index (χ0v) is 15.8. The third-order valence-corrected chi connectivity index (χ3v) is 5.29. The first-order valence-electron chi connectivity index (χ1n) is 8.04. The molecule has 2 rings (SSSR count). The molecule has 0 saturated carbocycles. The smallest absolute Gasteiger partial charge is 0.305 e. The third-order valence-electron chi connectivity index (χ3n) is 3.56. The van der Waals surface area contributed by atoms with Gasteiger partial charge in [-0.05, 0) is 48.4 Å². The van der Waals surface area contributed by atoms with E-state index < -0.39 is 22.0 Å². The van der Waals surface area contributed by atoms with Crippen molar-refractivity contribution >= 4 is 27.6 Å². The topological polar surface area (TPSA) is 92.7 Å². The Morgan fingerprint density at radius 1 is 1.15 bits per heavy atom. The molecule has 0 aliphatic rings. The van der Waals surface area contributed by atoms with Crippen LogP contribution < -0.4 is 9.46 Å². The molecule has 0 amide bonds. The lowest BCUT2D eigenvalue weighted by atomic mass is 10.0. The van der Waals surface area contributed by atoms with Crippen LogP contribution in [0.3, 0.4) is 0 Å². The van der Waals surface area contributed by atoms with Gasteiger partial charge in [0.1, 0.15) is 5.75 Å². The van der Waals surface area contributed by atoms with E-state index in [4.69, 9.17) is 21.4 Å². The number of carboxylic acids is 1. The second-order valence-electron chi connectivity index (χ2n) is 5.64. The highest BCUT2D eigenvalue weighted by molar-refractivity contribution is 7.89. The third kappa shape index (κ3) is 5.72. The molecule has 26 heavy (non-hydrogen) atoms. The Bertz CT molecular complexity index is 835. The van der Waals surface area contributed by atoms with E-state index in [9.17, 15) is 13.2 Å². The molecular weight excluding hydrogens is 378 g/mol. The van der Waals surface area contributed by atoms with Crippen molar-refractivity contribution in [1.82, 2.24) is 4.72 Å². The largest absolute Gasteiger partial charge is 0.494 e. The van der Waals surface area contributed by atoms with Gasteiger partial charge in [0, 0.05) is 5.02 Å². The highest BCUT2D eigenvalue weighted by Crippen LogP contribution is 2.23. The molecule has 0 aromatic heterocycles. The van der Waals surface area contributed by atoms with Gasteiger partial charge in [0.15, 0.2) is 0 Å². The van der Waals surface area contributed by atoms with Gasteiger partial charge >= 0.3 is 5.97 Å². The minimum atomic E-state index is -3.90. The molecule has 0 fully saturated rings. The monoisotopic (exact) mass is 397 g/mol. The summed E-state index contributed by atoms with van der Waals surface area (Å²) in [5.74, 6) is -0.467. The number of rotatable bonds is 9. The summed E-state index contributed by atoms with van der Waals surface area (Å²) in [6.07, 6.45) is 0.478. The maximum absolute atomic E-state index is 12.5. The van der Waals surface area contributed by atoms with Crippen molar-refractivity contribution in [2.45, 2.75) is 30.7 Å². The number of aliphatic carboxylic acids is 1. The Kier molecular flexibility index (Phi) is 7.02. The van der Waals surface area contributed by atoms with Crippen molar-refractivity contribution in [3.8, 4) is 5.75 Å². The lowest BCUT2D eigenvalue weighted by molar-refractivity contribution is -0.137. The SMILES string of the molecule is CCCOc1ccc([C@H](CC(=O)O)NS(=O)(=O)c2ccc(Cl)cc2)cc1. The van der Waals surface area contributed by atoms with Crippen LogP contribution in [0, 0.1) is 0 Å². The van der Waals surface area contributed by atoms with Crippen LogP contribution in [0.15, 0.2) is 53.4 Å². The number of benzene rings is 2. The van der Waals surface area contributed by atoms with Crippen LogP contribution in [0.4, 0.5) is 0 Å². The number of nitrogens with one attached hydrogen (secondary N) is 1. The summed E-state index contributed by atoms with van der Waals surface area (Å²) in [5.41, 5.74) is 0.536. The maximum Gasteiger partial charge on any atom is 0.305 e. The van der Waals surface area contributed by atoms with Crippen LogP contribution in [0.2, 0.25) is 5.02 Å². The van der Waals surface area contributed by atoms with E-state index in [1.165, 1.54) is 24.3 Å². The molecule has 6 nitrogen and oxygen atoms in total. The molecule has 0 aliphatic carbocycles. The quantitative estimate of drug-likeness (QED) is 0.674. The van der Waals surface area contributed by atoms with Gasteiger partial charge in [-0.25, -0.2) is 13.1 Å². The van der Waals surface area contributed by atoms with Crippen LogP contribution in [0.5, 0.6) is 5.75 Å². The lowest BCUT2D eigenvalue weighted by Gasteiger charge is -2.18. The minimum Gasteiger partial charge on any atom is -0.494 e. The van der Waals surface area contributed by atoms with Gasteiger partial charge in [-0.1, -0.05) is 30.7 Å². The van der Waals surface area contributed by atoms with Crippen molar-refractivity contribution in [1.29, 1.82) is 0 Å². The fourth-order valence-corrected chi connectivity index (χ4v) is 3.64. The van der Waals surface area contributed by atoms with Crippen LogP contribution in [-0.2, 0) is 14.8 Å². The van der Waals surface area contributed by atoms with Crippen LogP contribution in [-0.4, -0.2) is 26.1 Å². The van der Waals surface area contributed by atoms with Crippen LogP contribution in [0.1, 0.15) is 31.4 Å². The van der Waals surface area contributed by atoms with Crippen LogP contribution >= 0.6 is 11.6 Å². The number of hydrogen-bond donors (Lipinski definition) is 2. The predicted molar refractivity (Wildman–Crippen MR) is 99.0 cm³/mol. The van der Waals surface area contributed by atoms with Crippen molar-refractivity contribution in [2.24, 2.45) is 0 Å². The van der Waals surface area contributed by atoms with E-state index in [0.29, 0.717) is 22.9 Å². The highest BCUT2D eigenvalue weighted by Gasteiger charge is 2.23. The molecule has 2 N–H and O–H groups in total. The fourth-order valence-electron chi connectivity index (χ4n) is 2.29. The Morgan fingerprint density at radius 3 is 2.31 bits per heavy atom. The maximum atomic E-state index is 12.5. The number of halogens is 1. The molecule has 2 aromatic carbocycles. The summed E-state index contributed by atoms with van der Waals surface area (Å²) in [6.45, 7) is 2.56. The van der Waals surface area contributed by atoms with Gasteiger partial charge in [0.25, 0.3) is 0 Å². The second-order valence-corrected chi connectivity index (χ2v) is 7.79.